The second kappa shape index (κ2) is 5.17. The van der Waals surface area contributed by atoms with E-state index in [2.05, 4.69) is 38.8 Å². The summed E-state index contributed by atoms with van der Waals surface area (Å²) in [5.41, 5.74) is 3.46. The first-order valence-corrected chi connectivity index (χ1v) is 5.46. The Hall–Kier alpha value is -1.02. The van der Waals surface area contributed by atoms with E-state index in [1.54, 1.807) is 0 Å². The third-order valence-corrected chi connectivity index (χ3v) is 2.49. The Kier molecular flexibility index (Phi) is 4.15. The molecule has 1 aromatic carbocycles. The number of anilines is 1. The van der Waals surface area contributed by atoms with Gasteiger partial charge >= 0.3 is 0 Å². The third-order valence-electron chi connectivity index (χ3n) is 2.49. The van der Waals surface area contributed by atoms with E-state index in [9.17, 15) is 0 Å². The SMILES string of the molecule is Cc1cc(CO)ccc1N(C)CC(C)C. The molecule has 0 aliphatic rings. The summed E-state index contributed by atoms with van der Waals surface area (Å²) in [4.78, 5) is 2.27. The van der Waals surface area contributed by atoms with Gasteiger partial charge in [0.2, 0.25) is 0 Å². The van der Waals surface area contributed by atoms with Gasteiger partial charge in [0.15, 0.2) is 0 Å². The van der Waals surface area contributed by atoms with Gasteiger partial charge in [0.25, 0.3) is 0 Å². The zero-order valence-corrected chi connectivity index (χ0v) is 10.1. The van der Waals surface area contributed by atoms with Crippen LogP contribution in [-0.4, -0.2) is 18.7 Å². The number of aliphatic hydroxyl groups is 1. The lowest BCUT2D eigenvalue weighted by molar-refractivity contribution is 0.282. The van der Waals surface area contributed by atoms with Crippen LogP contribution in [0.25, 0.3) is 0 Å². The fraction of sp³-hybridized carbons (Fsp3) is 0.538. The fourth-order valence-corrected chi connectivity index (χ4v) is 1.89. The molecule has 0 aliphatic carbocycles. The summed E-state index contributed by atoms with van der Waals surface area (Å²) in [5.74, 6) is 0.659. The van der Waals surface area contributed by atoms with Gasteiger partial charge < -0.3 is 10.0 Å². The van der Waals surface area contributed by atoms with Crippen molar-refractivity contribution < 1.29 is 5.11 Å². The van der Waals surface area contributed by atoms with E-state index < -0.39 is 0 Å². The molecular weight excluding hydrogens is 186 g/mol. The highest BCUT2D eigenvalue weighted by Gasteiger charge is 2.06. The summed E-state index contributed by atoms with van der Waals surface area (Å²) in [5, 5.41) is 9.02. The van der Waals surface area contributed by atoms with Crippen LogP contribution in [0.1, 0.15) is 25.0 Å². The van der Waals surface area contributed by atoms with E-state index in [-0.39, 0.29) is 6.61 Å². The molecule has 0 radical (unpaired) electrons. The third kappa shape index (κ3) is 3.24. The molecule has 0 amide bonds. The summed E-state index contributed by atoms with van der Waals surface area (Å²) in [6.07, 6.45) is 0. The predicted octanol–water partition coefficient (Wildman–Crippen LogP) is 2.58. The van der Waals surface area contributed by atoms with Gasteiger partial charge in [-0.15, -0.1) is 0 Å². The summed E-state index contributed by atoms with van der Waals surface area (Å²) in [7, 11) is 2.11. The van der Waals surface area contributed by atoms with Gasteiger partial charge in [-0.05, 0) is 30.0 Å². The van der Waals surface area contributed by atoms with Crippen LogP contribution in [0.4, 0.5) is 5.69 Å². The Morgan fingerprint density at radius 3 is 2.47 bits per heavy atom. The minimum atomic E-state index is 0.120. The first kappa shape index (κ1) is 12.1. The number of hydrogen-bond donors (Lipinski definition) is 1. The molecule has 0 atom stereocenters. The lowest BCUT2D eigenvalue weighted by Gasteiger charge is -2.23. The van der Waals surface area contributed by atoms with Crippen molar-refractivity contribution in [1.82, 2.24) is 0 Å². The molecule has 1 aromatic rings. The van der Waals surface area contributed by atoms with Crippen molar-refractivity contribution in [3.8, 4) is 0 Å². The van der Waals surface area contributed by atoms with Crippen LogP contribution in [0, 0.1) is 12.8 Å². The second-order valence-corrected chi connectivity index (χ2v) is 4.55. The van der Waals surface area contributed by atoms with Gasteiger partial charge in [0, 0.05) is 19.3 Å². The van der Waals surface area contributed by atoms with Crippen LogP contribution >= 0.6 is 0 Å². The van der Waals surface area contributed by atoms with Crippen LogP contribution in [0.2, 0.25) is 0 Å². The fourth-order valence-electron chi connectivity index (χ4n) is 1.89. The van der Waals surface area contributed by atoms with E-state index in [4.69, 9.17) is 5.11 Å². The van der Waals surface area contributed by atoms with Crippen molar-refractivity contribution in [1.29, 1.82) is 0 Å². The van der Waals surface area contributed by atoms with Crippen LogP contribution in [0.3, 0.4) is 0 Å². The molecule has 2 heteroatoms. The van der Waals surface area contributed by atoms with Crippen LogP contribution < -0.4 is 4.90 Å². The standard InChI is InChI=1S/C13H21NO/c1-10(2)8-14(4)13-6-5-12(9-15)7-11(13)3/h5-7,10,15H,8-9H2,1-4H3. The zero-order valence-electron chi connectivity index (χ0n) is 10.1. The van der Waals surface area contributed by atoms with E-state index in [0.717, 1.165) is 12.1 Å². The van der Waals surface area contributed by atoms with Gasteiger partial charge in [0.1, 0.15) is 0 Å². The highest BCUT2D eigenvalue weighted by molar-refractivity contribution is 5.53. The molecule has 15 heavy (non-hydrogen) atoms. The molecule has 0 unspecified atom stereocenters. The van der Waals surface area contributed by atoms with Crippen molar-refractivity contribution >= 4 is 5.69 Å². The second-order valence-electron chi connectivity index (χ2n) is 4.55. The van der Waals surface area contributed by atoms with Gasteiger partial charge in [-0.2, -0.15) is 0 Å². The summed E-state index contributed by atoms with van der Waals surface area (Å²) < 4.78 is 0. The average molecular weight is 207 g/mol. The highest BCUT2D eigenvalue weighted by Crippen LogP contribution is 2.20. The number of hydrogen-bond acceptors (Lipinski definition) is 2. The first-order valence-electron chi connectivity index (χ1n) is 5.46. The van der Waals surface area contributed by atoms with E-state index in [1.165, 1.54) is 11.3 Å². The summed E-state index contributed by atoms with van der Waals surface area (Å²) >= 11 is 0. The van der Waals surface area contributed by atoms with Crippen molar-refractivity contribution in [2.24, 2.45) is 5.92 Å². The number of rotatable bonds is 4. The minimum Gasteiger partial charge on any atom is -0.392 e. The Labute approximate surface area is 92.5 Å². The molecule has 0 heterocycles. The number of aryl methyl sites for hydroxylation is 1. The van der Waals surface area contributed by atoms with Crippen LogP contribution in [0.5, 0.6) is 0 Å². The van der Waals surface area contributed by atoms with Gasteiger partial charge in [-0.3, -0.25) is 0 Å². The lowest BCUT2D eigenvalue weighted by Crippen LogP contribution is -2.23. The normalized spacial score (nSPS) is 10.8. The topological polar surface area (TPSA) is 23.5 Å². The maximum atomic E-state index is 9.02. The quantitative estimate of drug-likeness (QED) is 0.820. The molecule has 0 fully saturated rings. The zero-order chi connectivity index (χ0) is 11.4. The molecule has 0 aliphatic heterocycles. The molecule has 0 bridgehead atoms. The van der Waals surface area contributed by atoms with Crippen LogP contribution in [0.15, 0.2) is 18.2 Å². The smallest absolute Gasteiger partial charge is 0.0681 e. The predicted molar refractivity (Wildman–Crippen MR) is 65.2 cm³/mol. The number of aliphatic hydroxyl groups excluding tert-OH is 1. The highest BCUT2D eigenvalue weighted by atomic mass is 16.3. The van der Waals surface area contributed by atoms with Crippen molar-refractivity contribution in [3.63, 3.8) is 0 Å². The molecular formula is C13H21NO. The minimum absolute atomic E-state index is 0.120. The Morgan fingerprint density at radius 1 is 1.33 bits per heavy atom. The van der Waals surface area contributed by atoms with Gasteiger partial charge in [0.05, 0.1) is 6.61 Å². The van der Waals surface area contributed by atoms with Crippen molar-refractivity contribution in [2.45, 2.75) is 27.4 Å². The molecule has 2 nitrogen and oxygen atoms in total. The molecule has 0 saturated heterocycles. The maximum Gasteiger partial charge on any atom is 0.0681 e. The Morgan fingerprint density at radius 2 is 2.00 bits per heavy atom. The molecule has 0 aromatic heterocycles. The number of nitrogens with zero attached hydrogens (tertiary/aromatic N) is 1. The van der Waals surface area contributed by atoms with Crippen LogP contribution in [-0.2, 0) is 6.61 Å². The van der Waals surface area contributed by atoms with Gasteiger partial charge in [-0.25, -0.2) is 0 Å². The Bertz CT molecular complexity index is 320. The number of benzene rings is 1. The van der Waals surface area contributed by atoms with Crippen molar-refractivity contribution in [2.75, 3.05) is 18.5 Å². The maximum absolute atomic E-state index is 9.02. The van der Waals surface area contributed by atoms with E-state index >= 15 is 0 Å². The van der Waals surface area contributed by atoms with E-state index in [1.807, 2.05) is 12.1 Å². The molecule has 84 valence electrons. The average Bonchev–Trinajstić information content (AvgIpc) is 2.16. The Balaban J connectivity index is 2.85. The van der Waals surface area contributed by atoms with E-state index in [0.29, 0.717) is 5.92 Å². The summed E-state index contributed by atoms with van der Waals surface area (Å²) in [6, 6.07) is 6.12. The molecule has 0 spiro atoms. The lowest BCUT2D eigenvalue weighted by atomic mass is 10.1. The molecule has 0 saturated carbocycles. The van der Waals surface area contributed by atoms with Gasteiger partial charge in [-0.1, -0.05) is 26.0 Å². The first-order chi connectivity index (χ1) is 7.04. The monoisotopic (exact) mass is 207 g/mol. The van der Waals surface area contributed by atoms with Crippen molar-refractivity contribution in [3.05, 3.63) is 29.3 Å². The molecule has 1 N–H and O–H groups in total. The largest absolute Gasteiger partial charge is 0.392 e. The molecule has 1 rings (SSSR count). The summed E-state index contributed by atoms with van der Waals surface area (Å²) in [6.45, 7) is 7.70.